The fourth-order valence-electron chi connectivity index (χ4n) is 2.47. The predicted octanol–water partition coefficient (Wildman–Crippen LogP) is 1.20. The number of phenols is 1. The highest BCUT2D eigenvalue weighted by molar-refractivity contribution is 6.01. The number of methoxy groups -OCH3 is 1. The SMILES string of the molecule is COC(=O)CNC(=O)c1cc2c(C(O)CNC(C)(C)C)ccc(O)c2[nH]1. The Hall–Kier alpha value is -2.58. The molecule has 0 bridgehead atoms. The summed E-state index contributed by atoms with van der Waals surface area (Å²) in [6, 6.07) is 4.62. The van der Waals surface area contributed by atoms with E-state index in [9.17, 15) is 19.8 Å². The van der Waals surface area contributed by atoms with Crippen LogP contribution in [0.2, 0.25) is 0 Å². The van der Waals surface area contributed by atoms with Crippen LogP contribution in [0, 0.1) is 0 Å². The predicted molar refractivity (Wildman–Crippen MR) is 97.0 cm³/mol. The number of carbonyl (C=O) groups excluding carboxylic acids is 2. The average molecular weight is 363 g/mol. The first-order valence-corrected chi connectivity index (χ1v) is 8.25. The van der Waals surface area contributed by atoms with Crippen LogP contribution in [0.15, 0.2) is 18.2 Å². The van der Waals surface area contributed by atoms with E-state index in [-0.39, 0.29) is 23.5 Å². The topological polar surface area (TPSA) is 124 Å². The summed E-state index contributed by atoms with van der Waals surface area (Å²) in [5.41, 5.74) is 0.939. The number of hydrogen-bond donors (Lipinski definition) is 5. The number of aromatic nitrogens is 1. The number of rotatable bonds is 6. The first kappa shape index (κ1) is 19.7. The molecule has 0 fully saturated rings. The molecule has 8 nitrogen and oxygen atoms in total. The number of aromatic amines is 1. The van der Waals surface area contributed by atoms with Crippen LogP contribution < -0.4 is 10.6 Å². The van der Waals surface area contributed by atoms with Gasteiger partial charge in [0.2, 0.25) is 0 Å². The van der Waals surface area contributed by atoms with Gasteiger partial charge in [0.1, 0.15) is 18.0 Å². The smallest absolute Gasteiger partial charge is 0.325 e. The fourth-order valence-corrected chi connectivity index (χ4v) is 2.47. The van der Waals surface area contributed by atoms with Crippen LogP contribution in [0.25, 0.3) is 10.9 Å². The number of H-pyrrole nitrogens is 1. The normalized spacial score (nSPS) is 12.8. The second kappa shape index (κ2) is 7.76. The number of carbonyl (C=O) groups is 2. The molecule has 26 heavy (non-hydrogen) atoms. The number of aromatic hydroxyl groups is 1. The van der Waals surface area contributed by atoms with Gasteiger partial charge in [0.15, 0.2) is 0 Å². The zero-order chi connectivity index (χ0) is 19.5. The molecule has 1 amide bonds. The third kappa shape index (κ3) is 4.74. The second-order valence-electron chi connectivity index (χ2n) is 7.05. The van der Waals surface area contributed by atoms with Crippen molar-refractivity contribution < 1.29 is 24.5 Å². The van der Waals surface area contributed by atoms with Crippen LogP contribution >= 0.6 is 0 Å². The summed E-state index contributed by atoms with van der Waals surface area (Å²) in [6.07, 6.45) is -0.820. The van der Waals surface area contributed by atoms with Crippen LogP contribution in [0.1, 0.15) is 42.9 Å². The van der Waals surface area contributed by atoms with E-state index in [1.54, 1.807) is 6.07 Å². The summed E-state index contributed by atoms with van der Waals surface area (Å²) in [5.74, 6) is -1.12. The Morgan fingerprint density at radius 1 is 1.31 bits per heavy atom. The van der Waals surface area contributed by atoms with Crippen molar-refractivity contribution in [2.75, 3.05) is 20.2 Å². The molecule has 2 aromatic rings. The molecule has 1 aromatic carbocycles. The number of nitrogens with one attached hydrogen (secondary N) is 3. The van der Waals surface area contributed by atoms with Gasteiger partial charge in [-0.1, -0.05) is 6.07 Å². The molecular formula is C18H25N3O5. The summed E-state index contributed by atoms with van der Waals surface area (Å²) >= 11 is 0. The van der Waals surface area contributed by atoms with E-state index in [0.717, 1.165) is 0 Å². The van der Waals surface area contributed by atoms with Crippen molar-refractivity contribution in [1.29, 1.82) is 0 Å². The Morgan fingerprint density at radius 3 is 2.62 bits per heavy atom. The second-order valence-corrected chi connectivity index (χ2v) is 7.05. The van der Waals surface area contributed by atoms with E-state index in [1.807, 2.05) is 20.8 Å². The first-order valence-electron chi connectivity index (χ1n) is 8.25. The van der Waals surface area contributed by atoms with Crippen LogP contribution in [0.3, 0.4) is 0 Å². The summed E-state index contributed by atoms with van der Waals surface area (Å²) in [4.78, 5) is 26.1. The molecular weight excluding hydrogens is 338 g/mol. The molecule has 0 spiro atoms. The van der Waals surface area contributed by atoms with Gasteiger partial charge in [0.05, 0.1) is 18.7 Å². The zero-order valence-corrected chi connectivity index (χ0v) is 15.3. The van der Waals surface area contributed by atoms with Crippen molar-refractivity contribution >= 4 is 22.8 Å². The lowest BCUT2D eigenvalue weighted by Gasteiger charge is -2.23. The fraction of sp³-hybridized carbons (Fsp3) is 0.444. The number of ether oxygens (including phenoxy) is 1. The number of β-amino-alcohol motifs (C(OH)–C–C–N with tert-alkyl or cyclic N) is 1. The molecule has 8 heteroatoms. The van der Waals surface area contributed by atoms with Crippen molar-refractivity contribution in [3.8, 4) is 5.75 Å². The first-order chi connectivity index (χ1) is 12.1. The lowest BCUT2D eigenvalue weighted by molar-refractivity contribution is -0.139. The molecule has 0 saturated heterocycles. The maximum absolute atomic E-state index is 12.2. The van der Waals surface area contributed by atoms with E-state index in [2.05, 4.69) is 20.4 Å². The van der Waals surface area contributed by atoms with Crippen LogP contribution in [-0.2, 0) is 9.53 Å². The summed E-state index contributed by atoms with van der Waals surface area (Å²) in [7, 11) is 1.23. The van der Waals surface area contributed by atoms with E-state index < -0.39 is 18.0 Å². The number of amides is 1. The van der Waals surface area contributed by atoms with Gasteiger partial charge in [-0.05, 0) is 38.5 Å². The van der Waals surface area contributed by atoms with Crippen molar-refractivity contribution in [1.82, 2.24) is 15.6 Å². The van der Waals surface area contributed by atoms with Gasteiger partial charge in [0.25, 0.3) is 5.91 Å². The monoisotopic (exact) mass is 363 g/mol. The van der Waals surface area contributed by atoms with Crippen molar-refractivity contribution in [2.45, 2.75) is 32.4 Å². The largest absolute Gasteiger partial charge is 0.506 e. The molecule has 0 aliphatic rings. The number of benzene rings is 1. The van der Waals surface area contributed by atoms with Gasteiger partial charge in [-0.3, -0.25) is 9.59 Å². The van der Waals surface area contributed by atoms with Gasteiger partial charge >= 0.3 is 5.97 Å². The van der Waals surface area contributed by atoms with Crippen LogP contribution in [-0.4, -0.2) is 52.8 Å². The lowest BCUT2D eigenvalue weighted by atomic mass is 10.0. The highest BCUT2D eigenvalue weighted by Crippen LogP contribution is 2.31. The number of fused-ring (bicyclic) bond motifs is 1. The minimum Gasteiger partial charge on any atom is -0.506 e. The third-order valence-electron chi connectivity index (χ3n) is 3.86. The summed E-state index contributed by atoms with van der Waals surface area (Å²) in [6.45, 7) is 6.03. The number of esters is 1. The van der Waals surface area contributed by atoms with Crippen molar-refractivity contribution in [2.24, 2.45) is 0 Å². The zero-order valence-electron chi connectivity index (χ0n) is 15.3. The number of hydrogen-bond acceptors (Lipinski definition) is 6. The minimum atomic E-state index is -0.820. The molecule has 0 aliphatic heterocycles. The molecule has 1 atom stereocenters. The standard InChI is InChI=1S/C18H25N3O5/c1-18(2,3)20-8-14(23)10-5-6-13(22)16-11(10)7-12(21-16)17(25)19-9-15(24)26-4/h5-7,14,20-23H,8-9H2,1-4H3,(H,19,25). The maximum Gasteiger partial charge on any atom is 0.325 e. The van der Waals surface area contributed by atoms with Crippen LogP contribution in [0.5, 0.6) is 5.75 Å². The minimum absolute atomic E-state index is 0.0354. The van der Waals surface area contributed by atoms with Gasteiger partial charge in [-0.25, -0.2) is 0 Å². The Morgan fingerprint density at radius 2 is 2.00 bits per heavy atom. The van der Waals surface area contributed by atoms with Gasteiger partial charge in [-0.2, -0.15) is 0 Å². The quantitative estimate of drug-likeness (QED) is 0.491. The lowest BCUT2D eigenvalue weighted by Crippen LogP contribution is -2.38. The van der Waals surface area contributed by atoms with Gasteiger partial charge in [0, 0.05) is 17.5 Å². The Bertz CT molecular complexity index is 807. The van der Waals surface area contributed by atoms with E-state index in [1.165, 1.54) is 19.2 Å². The van der Waals surface area contributed by atoms with E-state index >= 15 is 0 Å². The van der Waals surface area contributed by atoms with Gasteiger partial charge < -0.3 is 30.6 Å². The molecule has 1 heterocycles. The Labute approximate surface area is 151 Å². The molecule has 0 radical (unpaired) electrons. The van der Waals surface area contributed by atoms with Crippen LogP contribution in [0.4, 0.5) is 0 Å². The molecule has 2 rings (SSSR count). The summed E-state index contributed by atoms with van der Waals surface area (Å²) in [5, 5.41) is 26.7. The molecule has 1 aromatic heterocycles. The highest BCUT2D eigenvalue weighted by Gasteiger charge is 2.20. The Kier molecular flexibility index (Phi) is 5.89. The van der Waals surface area contributed by atoms with Crippen molar-refractivity contribution in [3.63, 3.8) is 0 Å². The molecule has 1 unspecified atom stereocenters. The highest BCUT2D eigenvalue weighted by atomic mass is 16.5. The van der Waals surface area contributed by atoms with Crippen molar-refractivity contribution in [3.05, 3.63) is 29.5 Å². The average Bonchev–Trinajstić information content (AvgIpc) is 3.03. The molecule has 0 saturated carbocycles. The van der Waals surface area contributed by atoms with E-state index in [4.69, 9.17) is 0 Å². The Balaban J connectivity index is 2.28. The maximum atomic E-state index is 12.2. The number of aliphatic hydroxyl groups excluding tert-OH is 1. The number of aliphatic hydroxyl groups is 1. The van der Waals surface area contributed by atoms with Gasteiger partial charge in [-0.15, -0.1) is 0 Å². The van der Waals surface area contributed by atoms with E-state index in [0.29, 0.717) is 23.0 Å². The number of phenolic OH excluding ortho intramolecular Hbond substituents is 1. The molecule has 142 valence electrons. The summed E-state index contributed by atoms with van der Waals surface area (Å²) < 4.78 is 4.48. The third-order valence-corrected chi connectivity index (χ3v) is 3.86. The molecule has 0 aliphatic carbocycles. The molecule has 5 N–H and O–H groups in total.